The molecule has 4 rings (SSSR count). The molecular weight excluding hydrogens is 1140 g/mol. The highest BCUT2D eigenvalue weighted by Gasteiger charge is 2.27. The zero-order valence-corrected chi connectivity index (χ0v) is 56.2. The Morgan fingerprint density at radius 3 is 1.48 bits per heavy atom. The Balaban J connectivity index is 1.67. The maximum absolute atomic E-state index is 13.1. The third-order valence-corrected chi connectivity index (χ3v) is 18.1. The predicted octanol–water partition coefficient (Wildman–Crippen LogP) is 12.8. The van der Waals surface area contributed by atoms with Gasteiger partial charge in [-0.15, -0.1) is 0 Å². The number of nitrogens with one attached hydrogen (secondary N) is 1. The molecule has 1 atom stereocenters. The van der Waals surface area contributed by atoms with Gasteiger partial charge in [0.1, 0.15) is 6.61 Å². The fraction of sp³-hybridized carbons (Fsp3) is 0.707. The Labute approximate surface area is 498 Å². The molecule has 0 heterocycles. The smallest absolute Gasteiger partial charge is 0.331 e. The van der Waals surface area contributed by atoms with E-state index in [9.17, 15) is 21.6 Å². The summed E-state index contributed by atoms with van der Waals surface area (Å²) in [7, 11) is -0.331. The van der Waals surface area contributed by atoms with Gasteiger partial charge < -0.3 is 28.4 Å². The number of hydrogen-bond acceptors (Lipinski definition) is 20. The second kappa shape index (κ2) is 31.0. The van der Waals surface area contributed by atoms with Crippen LogP contribution in [0.5, 0.6) is 0 Å². The molecule has 0 fully saturated rings. The first-order chi connectivity index (χ1) is 37.0. The van der Waals surface area contributed by atoms with Crippen LogP contribution in [0.2, 0.25) is 0 Å². The zero-order valence-electron chi connectivity index (χ0n) is 51.3. The zero-order chi connectivity index (χ0) is 59.9. The summed E-state index contributed by atoms with van der Waals surface area (Å²) in [6.45, 7) is 33.2. The standard InChI is InChI=1S/C58H96N4O12S6/c1-42(20-19-28-69-38-57(11,12)40-71-41-58(13,14)39-70-34-51(63)68-18)59-47-32-48(76-60(15)25-29-75-72-35-54(2,3)4)44-23-24-46-50(78-62(17)27-31-80(66,67)74-37-56(8,9)10)33-49(45-22-21-43(47)52(44)53(45)46)77-61(16)26-30-79(64,65)73-36-55(5,6)7/h21-24,32-33,42,59H,19-20,25-31,34-41H2,1-18H3. The number of carbonyl (C=O) groups excluding carboxylic acids is 1. The summed E-state index contributed by atoms with van der Waals surface area (Å²) in [6, 6.07) is 13.2. The number of ether oxygens (including phenoxy) is 4. The molecule has 0 aromatic heterocycles. The highest BCUT2D eigenvalue weighted by molar-refractivity contribution is 7.98. The van der Waals surface area contributed by atoms with Gasteiger partial charge in [-0.2, -0.15) is 16.8 Å². The Morgan fingerprint density at radius 1 is 0.575 bits per heavy atom. The number of anilines is 1. The molecule has 0 saturated carbocycles. The molecule has 456 valence electrons. The molecule has 80 heavy (non-hydrogen) atoms. The summed E-state index contributed by atoms with van der Waals surface area (Å²) in [5, 5.41) is 10.3. The first kappa shape index (κ1) is 70.6. The quantitative estimate of drug-likeness (QED) is 0.0113. The van der Waals surface area contributed by atoms with Crippen molar-refractivity contribution in [2.75, 3.05) is 130 Å². The normalized spacial score (nSPS) is 14.0. The molecule has 1 unspecified atom stereocenters. The van der Waals surface area contributed by atoms with Crippen LogP contribution in [0.3, 0.4) is 0 Å². The van der Waals surface area contributed by atoms with Crippen molar-refractivity contribution in [3.63, 3.8) is 0 Å². The van der Waals surface area contributed by atoms with Crippen molar-refractivity contribution in [1.82, 2.24) is 12.9 Å². The molecule has 0 aliphatic carbocycles. The first-order valence-electron chi connectivity index (χ1n) is 27.5. The molecular formula is C58H96N4O12S6. The monoisotopic (exact) mass is 1230 g/mol. The van der Waals surface area contributed by atoms with Crippen molar-refractivity contribution in [3.8, 4) is 0 Å². The fourth-order valence-electron chi connectivity index (χ4n) is 7.79. The van der Waals surface area contributed by atoms with Crippen molar-refractivity contribution in [1.29, 1.82) is 0 Å². The summed E-state index contributed by atoms with van der Waals surface area (Å²) >= 11 is 6.16. The minimum atomic E-state index is -3.78. The molecule has 4 aromatic carbocycles. The van der Waals surface area contributed by atoms with Crippen LogP contribution in [0.15, 0.2) is 51.1 Å². The highest BCUT2D eigenvalue weighted by atomic mass is 32.2. The Bertz CT molecular complexity index is 2720. The minimum Gasteiger partial charge on any atom is -0.467 e. The Kier molecular flexibility index (Phi) is 27.3. The third-order valence-electron chi connectivity index (χ3n) is 12.0. The average molecular weight is 1230 g/mol. The predicted molar refractivity (Wildman–Crippen MR) is 336 cm³/mol. The van der Waals surface area contributed by atoms with Crippen molar-refractivity contribution >= 4 is 112 Å². The molecule has 16 nitrogen and oxygen atoms in total. The fourth-order valence-corrected chi connectivity index (χ4v) is 14.3. The number of esters is 1. The van der Waals surface area contributed by atoms with Crippen LogP contribution in [0.4, 0.5) is 5.69 Å². The molecule has 0 saturated heterocycles. The van der Waals surface area contributed by atoms with Gasteiger partial charge in [-0.3, -0.25) is 8.37 Å². The van der Waals surface area contributed by atoms with Gasteiger partial charge in [0.05, 0.1) is 64.9 Å². The molecule has 0 radical (unpaired) electrons. The van der Waals surface area contributed by atoms with Crippen LogP contribution in [-0.2, 0) is 56.5 Å². The first-order valence-corrected chi connectivity index (χ1v) is 33.9. The maximum atomic E-state index is 13.1. The number of benzene rings is 4. The van der Waals surface area contributed by atoms with Crippen molar-refractivity contribution < 1.29 is 53.1 Å². The average Bonchev–Trinajstić information content (AvgIpc) is 3.33. The third kappa shape index (κ3) is 25.8. The summed E-state index contributed by atoms with van der Waals surface area (Å²) in [6.07, 6.45) is 1.71. The number of carbonyl (C=O) groups is 1. The summed E-state index contributed by atoms with van der Waals surface area (Å²) in [4.78, 5) is 14.4. The number of nitrogens with zero attached hydrogens (tertiary/aromatic N) is 3. The number of rotatable bonds is 37. The van der Waals surface area contributed by atoms with Crippen LogP contribution < -0.4 is 5.32 Å². The van der Waals surface area contributed by atoms with E-state index in [1.165, 1.54) is 43.0 Å². The molecule has 0 amide bonds. The van der Waals surface area contributed by atoms with E-state index in [-0.39, 0.29) is 77.5 Å². The van der Waals surface area contributed by atoms with Gasteiger partial charge in [0, 0.05) is 80.0 Å². The molecule has 1 N–H and O–H groups in total. The lowest BCUT2D eigenvalue weighted by Crippen LogP contribution is -2.31. The topological polar surface area (TPSA) is 172 Å². The van der Waals surface area contributed by atoms with E-state index < -0.39 is 26.2 Å². The molecule has 4 aromatic rings. The second-order valence-corrected chi connectivity index (χ2v) is 34.3. The van der Waals surface area contributed by atoms with E-state index in [1.54, 1.807) is 11.9 Å². The largest absolute Gasteiger partial charge is 0.467 e. The Hall–Kier alpha value is -1.87. The lowest BCUT2D eigenvalue weighted by molar-refractivity contribution is -0.147. The van der Waals surface area contributed by atoms with Gasteiger partial charge in [0.2, 0.25) is 0 Å². The SMILES string of the molecule is COC(=O)COCC(C)(C)COCC(C)(C)COCCCC(C)Nc1cc(SN(C)CCSOCC(C)(C)C)c2ccc3c(SN(C)CCS(=O)(=O)OCC(C)(C)C)cc(SN(C)CCS(=O)(=O)OCC(C)(C)C)c4ccc1c2c43. The van der Waals surface area contributed by atoms with Crippen molar-refractivity contribution in [2.24, 2.45) is 27.1 Å². The van der Waals surface area contributed by atoms with Gasteiger partial charge in [0.25, 0.3) is 20.2 Å². The molecule has 0 spiro atoms. The van der Waals surface area contributed by atoms with Gasteiger partial charge in [-0.1, -0.05) is 114 Å². The second-order valence-electron chi connectivity index (χ2n) is 26.1. The van der Waals surface area contributed by atoms with Crippen LogP contribution in [0.25, 0.3) is 32.3 Å². The number of hydrogen-bond donors (Lipinski definition) is 1. The van der Waals surface area contributed by atoms with Gasteiger partial charge >= 0.3 is 5.97 Å². The van der Waals surface area contributed by atoms with E-state index >= 15 is 0 Å². The van der Waals surface area contributed by atoms with Crippen molar-refractivity contribution in [2.45, 2.75) is 131 Å². The minimum absolute atomic E-state index is 0.0741. The molecule has 0 aliphatic heterocycles. The van der Waals surface area contributed by atoms with E-state index in [0.717, 1.165) is 77.8 Å². The molecule has 0 aliphatic rings. The van der Waals surface area contributed by atoms with Crippen LogP contribution in [0, 0.1) is 27.1 Å². The van der Waals surface area contributed by atoms with Gasteiger partial charge in [0.15, 0.2) is 0 Å². The summed E-state index contributed by atoms with van der Waals surface area (Å²) in [5.74, 6) is 0.0468. The van der Waals surface area contributed by atoms with Gasteiger partial charge in [-0.25, -0.2) is 17.7 Å². The van der Waals surface area contributed by atoms with Gasteiger partial charge in [-0.05, 0) is 139 Å². The van der Waals surface area contributed by atoms with E-state index in [1.807, 2.05) is 78.1 Å². The molecule has 0 bridgehead atoms. The molecule has 22 heteroatoms. The lowest BCUT2D eigenvalue weighted by Gasteiger charge is -2.29. The van der Waals surface area contributed by atoms with E-state index in [4.69, 9.17) is 26.8 Å². The van der Waals surface area contributed by atoms with Crippen LogP contribution in [-0.4, -0.2) is 166 Å². The maximum Gasteiger partial charge on any atom is 0.331 e. The highest BCUT2D eigenvalue weighted by Crippen LogP contribution is 2.48. The number of methoxy groups -OCH3 is 1. The lowest BCUT2D eigenvalue weighted by atomic mass is 9.93. The summed E-state index contributed by atoms with van der Waals surface area (Å²) < 4.78 is 97.8. The van der Waals surface area contributed by atoms with E-state index in [2.05, 4.69) is 99.3 Å². The van der Waals surface area contributed by atoms with Crippen molar-refractivity contribution in [3.05, 3.63) is 36.4 Å². The Morgan fingerprint density at radius 2 is 1.00 bits per heavy atom. The van der Waals surface area contributed by atoms with Crippen LogP contribution in [0.1, 0.15) is 110 Å². The van der Waals surface area contributed by atoms with E-state index in [0.29, 0.717) is 39.6 Å². The van der Waals surface area contributed by atoms with Crippen LogP contribution >= 0.6 is 47.9 Å². The summed E-state index contributed by atoms with van der Waals surface area (Å²) in [5.41, 5.74) is -0.0126.